The molecule has 6 heteroatoms. The van der Waals surface area contributed by atoms with Gasteiger partial charge in [0.15, 0.2) is 0 Å². The molecule has 4 aromatic carbocycles. The molecule has 1 aromatic heterocycles. The van der Waals surface area contributed by atoms with Crippen molar-refractivity contribution in [3.63, 3.8) is 0 Å². The first-order chi connectivity index (χ1) is 19.7. The number of benzene rings is 4. The molecule has 2 amide bonds. The minimum absolute atomic E-state index is 0.185. The fraction of sp³-hybridized carbons (Fsp3) is 0.118. The average molecular weight is 527 g/mol. The number of aromatic nitrogens is 2. The van der Waals surface area contributed by atoms with Gasteiger partial charge >= 0.3 is 0 Å². The lowest BCUT2D eigenvalue weighted by atomic mass is 10.1. The molecule has 0 bridgehead atoms. The normalized spacial score (nSPS) is 10.6. The molecule has 198 valence electrons. The minimum Gasteiger partial charge on any atom is -0.329 e. The largest absolute Gasteiger partial charge is 0.329 e. The van der Waals surface area contributed by atoms with Crippen LogP contribution >= 0.6 is 0 Å². The van der Waals surface area contributed by atoms with Crippen LogP contribution in [0.4, 0.5) is 0 Å². The van der Waals surface area contributed by atoms with Crippen molar-refractivity contribution in [1.29, 1.82) is 0 Å². The van der Waals surface area contributed by atoms with Gasteiger partial charge in [-0.15, -0.1) is 0 Å². The van der Waals surface area contributed by atoms with E-state index in [9.17, 15) is 9.59 Å². The third-order valence-corrected chi connectivity index (χ3v) is 6.54. The Kier molecular flexibility index (Phi) is 8.69. The number of carbonyl (C=O) groups excluding carboxylic acids is 2. The van der Waals surface area contributed by atoms with Crippen LogP contribution in [0.5, 0.6) is 0 Å². The van der Waals surface area contributed by atoms with Crippen LogP contribution in [0.1, 0.15) is 43.2 Å². The molecule has 0 aliphatic carbocycles. The van der Waals surface area contributed by atoms with E-state index in [1.54, 1.807) is 9.80 Å². The van der Waals surface area contributed by atoms with Gasteiger partial charge in [0.05, 0.1) is 0 Å². The predicted octanol–water partition coefficient (Wildman–Crippen LogP) is 6.16. The standard InChI is InChI=1S/C34H30N4O2/c39-33(37(22-27-13-5-1-6-14-27)23-28-15-7-2-8-16-28)31-21-32(36-26-35-31)34(40)38(24-29-17-9-3-10-18-29)25-30-19-11-4-12-20-30/h1-21,26H,22-25H2. The Labute approximate surface area is 234 Å². The zero-order chi connectivity index (χ0) is 27.6. The summed E-state index contributed by atoms with van der Waals surface area (Å²) in [6.45, 7) is 1.65. The number of carbonyl (C=O) groups is 2. The van der Waals surface area contributed by atoms with E-state index in [0.29, 0.717) is 26.2 Å². The second-order valence-corrected chi connectivity index (χ2v) is 9.55. The Hall–Kier alpha value is -5.10. The SMILES string of the molecule is O=C(c1cc(C(=O)N(Cc2ccccc2)Cc2ccccc2)ncn1)N(Cc1ccccc1)Cc1ccccc1. The van der Waals surface area contributed by atoms with Gasteiger partial charge in [0.25, 0.3) is 11.8 Å². The summed E-state index contributed by atoms with van der Waals surface area (Å²) in [4.78, 5) is 39.6. The molecular formula is C34H30N4O2. The van der Waals surface area contributed by atoms with Gasteiger partial charge in [-0.05, 0) is 22.3 Å². The van der Waals surface area contributed by atoms with E-state index in [1.807, 2.05) is 121 Å². The monoisotopic (exact) mass is 526 g/mol. The first-order valence-electron chi connectivity index (χ1n) is 13.2. The molecule has 0 radical (unpaired) electrons. The van der Waals surface area contributed by atoms with Gasteiger partial charge in [-0.3, -0.25) is 9.59 Å². The van der Waals surface area contributed by atoms with Gasteiger partial charge in [-0.1, -0.05) is 121 Å². The molecule has 0 saturated carbocycles. The Morgan fingerprint density at radius 1 is 0.450 bits per heavy atom. The quantitative estimate of drug-likeness (QED) is 0.219. The van der Waals surface area contributed by atoms with Crippen LogP contribution < -0.4 is 0 Å². The number of amides is 2. The van der Waals surface area contributed by atoms with Crippen molar-refractivity contribution < 1.29 is 9.59 Å². The third kappa shape index (κ3) is 7.05. The van der Waals surface area contributed by atoms with Gasteiger partial charge in [-0.25, -0.2) is 9.97 Å². The fourth-order valence-corrected chi connectivity index (χ4v) is 4.53. The van der Waals surface area contributed by atoms with Crippen molar-refractivity contribution in [2.45, 2.75) is 26.2 Å². The van der Waals surface area contributed by atoms with Crippen molar-refractivity contribution in [2.75, 3.05) is 0 Å². The Balaban J connectivity index is 1.41. The van der Waals surface area contributed by atoms with Crippen LogP contribution in [0.15, 0.2) is 134 Å². The fourth-order valence-electron chi connectivity index (χ4n) is 4.53. The zero-order valence-corrected chi connectivity index (χ0v) is 22.1. The van der Waals surface area contributed by atoms with E-state index in [1.165, 1.54) is 12.4 Å². The topological polar surface area (TPSA) is 66.4 Å². The van der Waals surface area contributed by atoms with Gasteiger partial charge in [0, 0.05) is 32.2 Å². The maximum atomic E-state index is 13.8. The lowest BCUT2D eigenvalue weighted by molar-refractivity contribution is 0.0719. The number of nitrogens with zero attached hydrogens (tertiary/aromatic N) is 4. The highest BCUT2D eigenvalue weighted by atomic mass is 16.2. The summed E-state index contributed by atoms with van der Waals surface area (Å²) in [5, 5.41) is 0. The molecule has 0 atom stereocenters. The van der Waals surface area contributed by atoms with E-state index in [0.717, 1.165) is 22.3 Å². The zero-order valence-electron chi connectivity index (χ0n) is 22.1. The van der Waals surface area contributed by atoms with Crippen LogP contribution in [0.3, 0.4) is 0 Å². The van der Waals surface area contributed by atoms with Crippen LogP contribution in [-0.2, 0) is 26.2 Å². The molecule has 0 fully saturated rings. The lowest BCUT2D eigenvalue weighted by Crippen LogP contribution is -2.33. The molecular weight excluding hydrogens is 496 g/mol. The van der Waals surface area contributed by atoms with Crippen molar-refractivity contribution >= 4 is 11.8 Å². The second-order valence-electron chi connectivity index (χ2n) is 9.55. The van der Waals surface area contributed by atoms with Gasteiger partial charge < -0.3 is 9.80 Å². The van der Waals surface area contributed by atoms with E-state index in [-0.39, 0.29) is 23.2 Å². The molecule has 5 aromatic rings. The third-order valence-electron chi connectivity index (χ3n) is 6.54. The number of rotatable bonds is 10. The van der Waals surface area contributed by atoms with Gasteiger partial charge in [0.1, 0.15) is 17.7 Å². The van der Waals surface area contributed by atoms with Crippen molar-refractivity contribution in [3.8, 4) is 0 Å². The molecule has 0 N–H and O–H groups in total. The summed E-state index contributed by atoms with van der Waals surface area (Å²) < 4.78 is 0. The molecule has 0 saturated heterocycles. The van der Waals surface area contributed by atoms with Crippen molar-refractivity contribution in [3.05, 3.63) is 167 Å². The molecule has 0 unspecified atom stereocenters. The van der Waals surface area contributed by atoms with Crippen molar-refractivity contribution in [1.82, 2.24) is 19.8 Å². The first-order valence-corrected chi connectivity index (χ1v) is 13.2. The maximum absolute atomic E-state index is 13.8. The number of hydrogen-bond donors (Lipinski definition) is 0. The summed E-state index contributed by atoms with van der Waals surface area (Å²) in [5.74, 6) is -0.524. The molecule has 1 heterocycles. The Morgan fingerprint density at radius 2 is 0.725 bits per heavy atom. The van der Waals surface area contributed by atoms with Crippen LogP contribution in [-0.4, -0.2) is 31.6 Å². The lowest BCUT2D eigenvalue weighted by Gasteiger charge is -2.24. The smallest absolute Gasteiger partial charge is 0.273 e. The summed E-state index contributed by atoms with van der Waals surface area (Å²) in [7, 11) is 0. The predicted molar refractivity (Wildman–Crippen MR) is 155 cm³/mol. The van der Waals surface area contributed by atoms with Gasteiger partial charge in [0.2, 0.25) is 0 Å². The number of hydrogen-bond acceptors (Lipinski definition) is 4. The Bertz CT molecular complexity index is 1330. The average Bonchev–Trinajstić information content (AvgIpc) is 3.02. The molecule has 40 heavy (non-hydrogen) atoms. The van der Waals surface area contributed by atoms with Crippen LogP contribution in [0, 0.1) is 0 Å². The van der Waals surface area contributed by atoms with E-state index < -0.39 is 0 Å². The summed E-state index contributed by atoms with van der Waals surface area (Å²) in [6, 6.07) is 40.9. The molecule has 0 aliphatic heterocycles. The molecule has 0 aliphatic rings. The summed E-state index contributed by atoms with van der Waals surface area (Å²) in [5.41, 5.74) is 4.40. The van der Waals surface area contributed by atoms with E-state index in [4.69, 9.17) is 0 Å². The molecule has 0 spiro atoms. The molecule has 6 nitrogen and oxygen atoms in total. The minimum atomic E-state index is -0.262. The van der Waals surface area contributed by atoms with Crippen LogP contribution in [0.2, 0.25) is 0 Å². The summed E-state index contributed by atoms with van der Waals surface area (Å²) >= 11 is 0. The first kappa shape index (κ1) is 26.5. The second kappa shape index (κ2) is 13.1. The van der Waals surface area contributed by atoms with Crippen LogP contribution in [0.25, 0.3) is 0 Å². The van der Waals surface area contributed by atoms with E-state index >= 15 is 0 Å². The maximum Gasteiger partial charge on any atom is 0.273 e. The summed E-state index contributed by atoms with van der Waals surface area (Å²) in [6.07, 6.45) is 1.30. The molecule has 5 rings (SSSR count). The van der Waals surface area contributed by atoms with Gasteiger partial charge in [-0.2, -0.15) is 0 Å². The highest BCUT2D eigenvalue weighted by molar-refractivity contribution is 5.97. The Morgan fingerprint density at radius 3 is 1.00 bits per heavy atom. The van der Waals surface area contributed by atoms with Crippen molar-refractivity contribution in [2.24, 2.45) is 0 Å². The highest BCUT2D eigenvalue weighted by Crippen LogP contribution is 2.17. The van der Waals surface area contributed by atoms with E-state index in [2.05, 4.69) is 9.97 Å². The highest BCUT2D eigenvalue weighted by Gasteiger charge is 2.23.